The first-order valence-corrected chi connectivity index (χ1v) is 7.97. The Morgan fingerprint density at radius 2 is 1.74 bits per heavy atom. The van der Waals surface area contributed by atoms with Crippen molar-refractivity contribution in [3.05, 3.63) is 71.8 Å². The van der Waals surface area contributed by atoms with Crippen molar-refractivity contribution in [2.45, 2.75) is 24.9 Å². The number of hydrogen-bond donors (Lipinski definition) is 1. The van der Waals surface area contributed by atoms with Gasteiger partial charge in [-0.3, -0.25) is 4.79 Å². The van der Waals surface area contributed by atoms with Crippen LogP contribution in [0.15, 0.2) is 60.7 Å². The lowest BCUT2D eigenvalue weighted by Crippen LogP contribution is -2.58. The molecule has 116 valence electrons. The molecule has 0 bridgehead atoms. The molecule has 2 heterocycles. The van der Waals surface area contributed by atoms with Gasteiger partial charge in [-0.05, 0) is 23.3 Å². The van der Waals surface area contributed by atoms with Crippen LogP contribution in [0.3, 0.4) is 0 Å². The van der Waals surface area contributed by atoms with Gasteiger partial charge in [-0.2, -0.15) is 0 Å². The Kier molecular flexibility index (Phi) is 2.89. The highest BCUT2D eigenvalue weighted by atomic mass is 16.2. The van der Waals surface area contributed by atoms with Crippen molar-refractivity contribution >= 4 is 17.7 Å². The van der Waals surface area contributed by atoms with Crippen LogP contribution in [-0.4, -0.2) is 18.1 Å². The molecule has 0 aliphatic carbocycles. The van der Waals surface area contributed by atoms with Gasteiger partial charge in [0.25, 0.3) is 0 Å². The topological polar surface area (TPSA) is 32.3 Å². The zero-order valence-corrected chi connectivity index (χ0v) is 13.4. The van der Waals surface area contributed by atoms with Gasteiger partial charge in [-0.15, -0.1) is 0 Å². The van der Waals surface area contributed by atoms with Crippen LogP contribution >= 0.6 is 0 Å². The number of amides is 1. The van der Waals surface area contributed by atoms with E-state index in [4.69, 9.17) is 0 Å². The van der Waals surface area contributed by atoms with Crippen LogP contribution < -0.4 is 10.2 Å². The number of carbonyl (C=O) groups excluding carboxylic acids is 1. The molecule has 3 nitrogen and oxygen atoms in total. The molecule has 1 amide bonds. The quantitative estimate of drug-likeness (QED) is 0.923. The van der Waals surface area contributed by atoms with Gasteiger partial charge < -0.3 is 10.2 Å². The van der Waals surface area contributed by atoms with Crippen molar-refractivity contribution in [2.75, 3.05) is 11.4 Å². The Labute approximate surface area is 136 Å². The second-order valence-corrected chi connectivity index (χ2v) is 6.79. The summed E-state index contributed by atoms with van der Waals surface area (Å²) in [6, 6.07) is 18.6. The largest absolute Gasteiger partial charge is 0.335 e. The maximum Gasteiger partial charge on any atom is 0.241 e. The molecule has 0 spiro atoms. The first-order valence-electron chi connectivity index (χ1n) is 7.97. The van der Waals surface area contributed by atoms with Gasteiger partial charge in [0.1, 0.15) is 5.66 Å². The fourth-order valence-corrected chi connectivity index (χ4v) is 3.92. The van der Waals surface area contributed by atoms with Crippen molar-refractivity contribution in [3.8, 4) is 0 Å². The molecular weight excluding hydrogens is 284 g/mol. The van der Waals surface area contributed by atoms with Crippen molar-refractivity contribution in [3.63, 3.8) is 0 Å². The maximum atomic E-state index is 12.2. The lowest BCUT2D eigenvalue weighted by atomic mass is 9.75. The van der Waals surface area contributed by atoms with E-state index in [-0.39, 0.29) is 11.3 Å². The minimum absolute atomic E-state index is 0.0743. The van der Waals surface area contributed by atoms with Gasteiger partial charge in [0.15, 0.2) is 0 Å². The smallest absolute Gasteiger partial charge is 0.241 e. The van der Waals surface area contributed by atoms with Crippen LogP contribution in [0.1, 0.15) is 25.0 Å². The monoisotopic (exact) mass is 304 g/mol. The molecule has 2 aromatic rings. The normalized spacial score (nSPS) is 24.6. The van der Waals surface area contributed by atoms with Crippen LogP contribution in [0, 0.1) is 0 Å². The van der Waals surface area contributed by atoms with E-state index >= 15 is 0 Å². The zero-order valence-electron chi connectivity index (χ0n) is 13.4. The summed E-state index contributed by atoms with van der Waals surface area (Å²) in [6.07, 6.45) is 4.25. The van der Waals surface area contributed by atoms with Crippen LogP contribution in [0.5, 0.6) is 0 Å². The zero-order chi connectivity index (χ0) is 16.1. The fraction of sp³-hybridized carbons (Fsp3) is 0.250. The minimum Gasteiger partial charge on any atom is -0.335 e. The summed E-state index contributed by atoms with van der Waals surface area (Å²) in [5.41, 5.74) is 2.84. The van der Waals surface area contributed by atoms with Gasteiger partial charge in [-0.25, -0.2) is 0 Å². The Morgan fingerprint density at radius 1 is 1.04 bits per heavy atom. The molecule has 4 rings (SSSR count). The van der Waals surface area contributed by atoms with E-state index in [2.05, 4.69) is 66.5 Å². The number of rotatable bonds is 2. The highest BCUT2D eigenvalue weighted by molar-refractivity contribution is 5.91. The first kappa shape index (κ1) is 14.1. The number of hydrogen-bond acceptors (Lipinski definition) is 2. The van der Waals surface area contributed by atoms with E-state index in [9.17, 15) is 4.79 Å². The predicted octanol–water partition coefficient (Wildman–Crippen LogP) is 3.32. The van der Waals surface area contributed by atoms with Crippen molar-refractivity contribution in [2.24, 2.45) is 0 Å². The summed E-state index contributed by atoms with van der Waals surface area (Å²) in [4.78, 5) is 14.4. The van der Waals surface area contributed by atoms with Gasteiger partial charge in [0.2, 0.25) is 5.91 Å². The molecule has 3 heteroatoms. The number of fused-ring (bicyclic) bond motifs is 3. The molecule has 0 aromatic heterocycles. The summed E-state index contributed by atoms with van der Waals surface area (Å²) < 4.78 is 0. The van der Waals surface area contributed by atoms with Gasteiger partial charge in [0.05, 0.1) is 6.54 Å². The van der Waals surface area contributed by atoms with Gasteiger partial charge in [0, 0.05) is 11.1 Å². The molecule has 0 radical (unpaired) electrons. The molecule has 1 fully saturated rings. The molecule has 0 saturated carbocycles. The molecule has 23 heavy (non-hydrogen) atoms. The van der Waals surface area contributed by atoms with Crippen molar-refractivity contribution in [1.29, 1.82) is 0 Å². The highest BCUT2D eigenvalue weighted by Crippen LogP contribution is 2.52. The summed E-state index contributed by atoms with van der Waals surface area (Å²) >= 11 is 0. The van der Waals surface area contributed by atoms with Crippen molar-refractivity contribution < 1.29 is 4.79 Å². The predicted molar refractivity (Wildman–Crippen MR) is 93.2 cm³/mol. The number of nitrogens with one attached hydrogen (secondary N) is 1. The first-order chi connectivity index (χ1) is 11.0. The Morgan fingerprint density at radius 3 is 2.52 bits per heavy atom. The van der Waals surface area contributed by atoms with E-state index in [0.29, 0.717) is 6.54 Å². The molecule has 2 aliphatic heterocycles. The number of anilines is 1. The average molecular weight is 304 g/mol. The van der Waals surface area contributed by atoms with E-state index in [0.717, 1.165) is 11.3 Å². The molecule has 1 atom stereocenters. The Bertz CT molecular complexity index is 794. The third-order valence-electron chi connectivity index (χ3n) is 5.20. The van der Waals surface area contributed by atoms with Crippen LogP contribution in [0.4, 0.5) is 5.69 Å². The standard InChI is InChI=1S/C20H20N2O/c1-19(2)16-10-6-7-11-17(16)22-14-18(23)21-20(19,22)13-12-15-8-4-3-5-9-15/h3-13H,14H2,1-2H3,(H,21,23). The summed E-state index contributed by atoms with van der Waals surface area (Å²) in [5.74, 6) is 0.0743. The SMILES string of the molecule is CC1(C)c2ccccc2N2CC(=O)NC21C=Cc1ccccc1. The Hall–Kier alpha value is -2.55. The molecule has 1 N–H and O–H groups in total. The van der Waals surface area contributed by atoms with E-state index in [1.165, 1.54) is 5.56 Å². The van der Waals surface area contributed by atoms with Crippen LogP contribution in [0.2, 0.25) is 0 Å². The van der Waals surface area contributed by atoms with Gasteiger partial charge >= 0.3 is 0 Å². The summed E-state index contributed by atoms with van der Waals surface area (Å²) in [6.45, 7) is 4.80. The summed E-state index contributed by atoms with van der Waals surface area (Å²) in [7, 11) is 0. The third kappa shape index (κ3) is 1.86. The fourth-order valence-electron chi connectivity index (χ4n) is 3.92. The lowest BCUT2D eigenvalue weighted by molar-refractivity contribution is -0.118. The number of para-hydroxylation sites is 1. The third-order valence-corrected chi connectivity index (χ3v) is 5.20. The molecule has 1 unspecified atom stereocenters. The lowest BCUT2D eigenvalue weighted by Gasteiger charge is -2.40. The summed E-state index contributed by atoms with van der Waals surface area (Å²) in [5, 5.41) is 3.24. The number of nitrogens with zero attached hydrogens (tertiary/aromatic N) is 1. The van der Waals surface area contributed by atoms with Gasteiger partial charge in [-0.1, -0.05) is 68.5 Å². The molecular formula is C20H20N2O. The average Bonchev–Trinajstić information content (AvgIpc) is 2.99. The Balaban J connectivity index is 1.85. The highest BCUT2D eigenvalue weighted by Gasteiger charge is 2.59. The second kappa shape index (κ2) is 4.72. The van der Waals surface area contributed by atoms with Crippen LogP contribution in [-0.2, 0) is 10.2 Å². The van der Waals surface area contributed by atoms with E-state index in [1.54, 1.807) is 0 Å². The van der Waals surface area contributed by atoms with E-state index < -0.39 is 5.66 Å². The minimum atomic E-state index is -0.510. The maximum absolute atomic E-state index is 12.2. The number of carbonyl (C=O) groups is 1. The van der Waals surface area contributed by atoms with Crippen LogP contribution in [0.25, 0.3) is 6.08 Å². The molecule has 2 aromatic carbocycles. The van der Waals surface area contributed by atoms with E-state index in [1.807, 2.05) is 24.3 Å². The molecule has 2 aliphatic rings. The van der Waals surface area contributed by atoms with Crippen molar-refractivity contribution in [1.82, 2.24) is 5.32 Å². The second-order valence-electron chi connectivity index (χ2n) is 6.79. The molecule has 1 saturated heterocycles. The number of benzene rings is 2.